The Morgan fingerprint density at radius 3 is 2.34 bits per heavy atom. The molecule has 0 unspecified atom stereocenters. The van der Waals surface area contributed by atoms with Gasteiger partial charge in [-0.05, 0) is 25.5 Å². The standard InChI is InChI=1S/C23H20N2O4/c1-3-28-22(26)20-17(15-10-6-5-7-11-15)14-24-21-19(20)16-12-8-9-13-18(16)25(21)23(27)29-4-2/h5-14H,3-4H2,1-2H3. The van der Waals surface area contributed by atoms with Gasteiger partial charge in [0.15, 0.2) is 5.65 Å². The Hall–Kier alpha value is -3.67. The number of ether oxygens (including phenoxy) is 2. The summed E-state index contributed by atoms with van der Waals surface area (Å²) in [4.78, 5) is 30.3. The molecule has 29 heavy (non-hydrogen) atoms. The molecule has 0 radical (unpaired) electrons. The maximum absolute atomic E-state index is 13.0. The number of rotatable bonds is 4. The van der Waals surface area contributed by atoms with Crippen molar-refractivity contribution in [2.75, 3.05) is 13.2 Å². The van der Waals surface area contributed by atoms with Crippen LogP contribution in [-0.2, 0) is 9.47 Å². The third-order valence-electron chi connectivity index (χ3n) is 4.70. The zero-order chi connectivity index (χ0) is 20.4. The highest BCUT2D eigenvalue weighted by Gasteiger charge is 2.26. The number of aromatic nitrogens is 2. The Morgan fingerprint density at radius 1 is 0.931 bits per heavy atom. The topological polar surface area (TPSA) is 70.4 Å². The van der Waals surface area contributed by atoms with E-state index >= 15 is 0 Å². The van der Waals surface area contributed by atoms with Crippen molar-refractivity contribution < 1.29 is 19.1 Å². The molecule has 2 aromatic heterocycles. The molecule has 0 aliphatic rings. The maximum Gasteiger partial charge on any atom is 0.420 e. The van der Waals surface area contributed by atoms with E-state index in [-0.39, 0.29) is 13.2 Å². The molecule has 0 amide bonds. The lowest BCUT2D eigenvalue weighted by Gasteiger charge is -2.11. The zero-order valence-electron chi connectivity index (χ0n) is 16.2. The van der Waals surface area contributed by atoms with E-state index in [1.807, 2.05) is 54.6 Å². The third kappa shape index (κ3) is 3.12. The Labute approximate surface area is 167 Å². The van der Waals surface area contributed by atoms with Gasteiger partial charge in [-0.3, -0.25) is 0 Å². The second-order valence-corrected chi connectivity index (χ2v) is 6.38. The summed E-state index contributed by atoms with van der Waals surface area (Å²) in [6.45, 7) is 3.99. The molecule has 0 aliphatic heterocycles. The summed E-state index contributed by atoms with van der Waals surface area (Å²) in [5, 5.41) is 1.32. The lowest BCUT2D eigenvalue weighted by atomic mass is 9.98. The first-order valence-electron chi connectivity index (χ1n) is 9.49. The van der Waals surface area contributed by atoms with Crippen molar-refractivity contribution in [3.63, 3.8) is 0 Å². The number of pyridine rings is 1. The zero-order valence-corrected chi connectivity index (χ0v) is 16.2. The van der Waals surface area contributed by atoms with Crippen LogP contribution in [-0.4, -0.2) is 34.8 Å². The fourth-order valence-corrected chi connectivity index (χ4v) is 3.54. The molecule has 0 bridgehead atoms. The molecule has 0 aliphatic carbocycles. The lowest BCUT2D eigenvalue weighted by molar-refractivity contribution is 0.0529. The monoisotopic (exact) mass is 388 g/mol. The van der Waals surface area contributed by atoms with Crippen molar-refractivity contribution in [2.24, 2.45) is 0 Å². The van der Waals surface area contributed by atoms with Crippen LogP contribution in [0.4, 0.5) is 4.79 Å². The van der Waals surface area contributed by atoms with Crippen LogP contribution in [0.1, 0.15) is 24.2 Å². The number of para-hydroxylation sites is 1. The molecular formula is C23H20N2O4. The van der Waals surface area contributed by atoms with Gasteiger partial charge < -0.3 is 9.47 Å². The van der Waals surface area contributed by atoms with Crippen molar-refractivity contribution in [3.05, 3.63) is 66.4 Å². The molecular weight excluding hydrogens is 368 g/mol. The summed E-state index contributed by atoms with van der Waals surface area (Å²) in [6.07, 6.45) is 1.08. The number of benzene rings is 2. The smallest absolute Gasteiger partial charge is 0.420 e. The Kier molecular flexibility index (Phi) is 4.99. The van der Waals surface area contributed by atoms with E-state index in [0.717, 1.165) is 10.9 Å². The molecule has 4 aromatic rings. The Bertz CT molecular complexity index is 1210. The van der Waals surface area contributed by atoms with E-state index in [1.54, 1.807) is 20.0 Å². The number of nitrogens with zero attached hydrogens (tertiary/aromatic N) is 2. The van der Waals surface area contributed by atoms with Crippen LogP contribution < -0.4 is 0 Å². The van der Waals surface area contributed by atoms with Gasteiger partial charge in [0.2, 0.25) is 0 Å². The molecule has 6 heteroatoms. The highest BCUT2D eigenvalue weighted by molar-refractivity contribution is 6.21. The van der Waals surface area contributed by atoms with Gasteiger partial charge in [-0.2, -0.15) is 0 Å². The fraction of sp³-hybridized carbons (Fsp3) is 0.174. The van der Waals surface area contributed by atoms with Crippen molar-refractivity contribution in [3.8, 4) is 11.1 Å². The van der Waals surface area contributed by atoms with Crippen LogP contribution in [0.2, 0.25) is 0 Å². The van der Waals surface area contributed by atoms with Gasteiger partial charge in [-0.15, -0.1) is 0 Å². The summed E-state index contributed by atoms with van der Waals surface area (Å²) in [6, 6.07) is 16.9. The summed E-state index contributed by atoms with van der Waals surface area (Å²) >= 11 is 0. The second-order valence-electron chi connectivity index (χ2n) is 6.38. The van der Waals surface area contributed by atoms with Gasteiger partial charge in [-0.1, -0.05) is 48.5 Å². The number of hydrogen-bond acceptors (Lipinski definition) is 5. The van der Waals surface area contributed by atoms with Gasteiger partial charge in [0.1, 0.15) is 0 Å². The predicted molar refractivity (Wildman–Crippen MR) is 111 cm³/mol. The number of hydrogen-bond donors (Lipinski definition) is 0. The molecule has 2 aromatic carbocycles. The Balaban J connectivity index is 2.14. The molecule has 0 fully saturated rings. The average Bonchev–Trinajstić information content (AvgIpc) is 3.08. The molecule has 0 spiro atoms. The number of esters is 1. The predicted octanol–water partition coefficient (Wildman–Crippen LogP) is 5.04. The van der Waals surface area contributed by atoms with Crippen LogP contribution in [0.5, 0.6) is 0 Å². The van der Waals surface area contributed by atoms with E-state index in [1.165, 1.54) is 4.57 Å². The van der Waals surface area contributed by atoms with Gasteiger partial charge in [0.25, 0.3) is 0 Å². The summed E-state index contributed by atoms with van der Waals surface area (Å²) < 4.78 is 12.0. The van der Waals surface area contributed by atoms with E-state index in [9.17, 15) is 9.59 Å². The summed E-state index contributed by atoms with van der Waals surface area (Å²) in [5.41, 5.74) is 2.89. The van der Waals surface area contributed by atoms with Crippen molar-refractivity contribution in [1.29, 1.82) is 0 Å². The fourth-order valence-electron chi connectivity index (χ4n) is 3.54. The van der Waals surface area contributed by atoms with E-state index in [0.29, 0.717) is 27.7 Å². The van der Waals surface area contributed by atoms with E-state index < -0.39 is 12.1 Å². The second kappa shape index (κ2) is 7.75. The minimum Gasteiger partial charge on any atom is -0.462 e. The number of carbonyl (C=O) groups is 2. The molecule has 0 saturated carbocycles. The maximum atomic E-state index is 13.0. The van der Waals surface area contributed by atoms with Crippen LogP contribution in [0.3, 0.4) is 0 Å². The molecule has 6 nitrogen and oxygen atoms in total. The van der Waals surface area contributed by atoms with Crippen LogP contribution >= 0.6 is 0 Å². The van der Waals surface area contributed by atoms with Crippen LogP contribution in [0.25, 0.3) is 33.1 Å². The number of carbonyl (C=O) groups excluding carboxylic acids is 2. The lowest BCUT2D eigenvalue weighted by Crippen LogP contribution is -2.14. The molecule has 4 rings (SSSR count). The average molecular weight is 388 g/mol. The van der Waals surface area contributed by atoms with Crippen molar-refractivity contribution in [1.82, 2.24) is 9.55 Å². The highest BCUT2D eigenvalue weighted by atomic mass is 16.5. The SMILES string of the molecule is CCOC(=O)c1c(-c2ccccc2)cnc2c1c1ccccc1n2C(=O)OCC. The highest BCUT2D eigenvalue weighted by Crippen LogP contribution is 2.36. The minimum absolute atomic E-state index is 0.236. The van der Waals surface area contributed by atoms with Crippen molar-refractivity contribution in [2.45, 2.75) is 13.8 Å². The first kappa shape index (κ1) is 18.7. The Morgan fingerprint density at radius 2 is 1.62 bits per heavy atom. The van der Waals surface area contributed by atoms with Gasteiger partial charge in [-0.25, -0.2) is 19.1 Å². The minimum atomic E-state index is -0.534. The third-order valence-corrected chi connectivity index (χ3v) is 4.70. The molecule has 0 saturated heterocycles. The summed E-state index contributed by atoms with van der Waals surface area (Å²) in [5.74, 6) is -0.453. The van der Waals surface area contributed by atoms with Gasteiger partial charge >= 0.3 is 12.1 Å². The van der Waals surface area contributed by atoms with Gasteiger partial charge in [0, 0.05) is 22.5 Å². The van der Waals surface area contributed by atoms with Crippen LogP contribution in [0.15, 0.2) is 60.8 Å². The first-order valence-corrected chi connectivity index (χ1v) is 9.49. The van der Waals surface area contributed by atoms with Crippen molar-refractivity contribution >= 4 is 34.0 Å². The first-order chi connectivity index (χ1) is 14.2. The molecule has 0 N–H and O–H groups in total. The van der Waals surface area contributed by atoms with Gasteiger partial charge in [0.05, 0.1) is 24.3 Å². The normalized spacial score (nSPS) is 11.0. The van der Waals surface area contributed by atoms with Crippen LogP contribution in [0, 0.1) is 0 Å². The summed E-state index contributed by atoms with van der Waals surface area (Å²) in [7, 11) is 0. The number of fused-ring (bicyclic) bond motifs is 3. The quantitative estimate of drug-likeness (QED) is 0.458. The molecule has 146 valence electrons. The molecule has 0 atom stereocenters. The molecule has 2 heterocycles. The largest absolute Gasteiger partial charge is 0.462 e. The van der Waals surface area contributed by atoms with E-state index in [4.69, 9.17) is 9.47 Å². The van der Waals surface area contributed by atoms with E-state index in [2.05, 4.69) is 4.98 Å².